The molecule has 1 N–H and O–H groups in total. The van der Waals surface area contributed by atoms with E-state index >= 15 is 0 Å². The highest BCUT2D eigenvalue weighted by atomic mass is 16.2. The van der Waals surface area contributed by atoms with E-state index in [2.05, 4.69) is 10.4 Å². The van der Waals surface area contributed by atoms with Gasteiger partial charge in [-0.05, 0) is 11.6 Å². The summed E-state index contributed by atoms with van der Waals surface area (Å²) in [6, 6.07) is 11.8. The van der Waals surface area contributed by atoms with Gasteiger partial charge in [0.15, 0.2) is 0 Å². The highest BCUT2D eigenvalue weighted by molar-refractivity contribution is 5.80. The molecule has 2 atom stereocenters. The summed E-state index contributed by atoms with van der Waals surface area (Å²) in [4.78, 5) is 25.9. The van der Waals surface area contributed by atoms with E-state index in [-0.39, 0.29) is 23.8 Å². The molecule has 0 spiro atoms. The first-order valence-electron chi connectivity index (χ1n) is 8.20. The van der Waals surface area contributed by atoms with E-state index in [1.807, 2.05) is 49.6 Å². The van der Waals surface area contributed by atoms with Crippen molar-refractivity contribution in [2.75, 3.05) is 13.6 Å². The number of hydrogen-bond donors (Lipinski definition) is 1. The Labute approximate surface area is 141 Å². The molecule has 0 unspecified atom stereocenters. The number of nitrogens with one attached hydrogen (secondary N) is 1. The van der Waals surface area contributed by atoms with E-state index in [0.29, 0.717) is 25.9 Å². The standard InChI is InChI=1S/C18H22N4O2/c1-21-17(24)12-15(18(21)14-6-3-2-4-7-14)13-19-16(23)8-11-22-10-5-9-20-22/h2-7,9-10,15,18H,8,11-13H2,1H3,(H,19,23)/t15-,18+/m0/s1. The molecule has 126 valence electrons. The minimum atomic E-state index is -0.0145. The molecule has 6 nitrogen and oxygen atoms in total. The first-order chi connectivity index (χ1) is 11.6. The number of aromatic nitrogens is 2. The summed E-state index contributed by atoms with van der Waals surface area (Å²) in [7, 11) is 1.83. The van der Waals surface area contributed by atoms with Crippen LogP contribution in [0.1, 0.15) is 24.4 Å². The van der Waals surface area contributed by atoms with Crippen LogP contribution in [0.5, 0.6) is 0 Å². The number of amides is 2. The van der Waals surface area contributed by atoms with Crippen LogP contribution in [0.3, 0.4) is 0 Å². The number of hydrogen-bond acceptors (Lipinski definition) is 3. The Morgan fingerprint density at radius 3 is 2.79 bits per heavy atom. The molecule has 1 fully saturated rings. The smallest absolute Gasteiger partial charge is 0.223 e. The number of carbonyl (C=O) groups is 2. The zero-order chi connectivity index (χ0) is 16.9. The molecule has 0 saturated carbocycles. The Kier molecular flexibility index (Phi) is 4.93. The third-order valence-electron chi connectivity index (χ3n) is 4.52. The first-order valence-corrected chi connectivity index (χ1v) is 8.20. The first kappa shape index (κ1) is 16.2. The average Bonchev–Trinajstić information content (AvgIpc) is 3.21. The van der Waals surface area contributed by atoms with Gasteiger partial charge in [-0.15, -0.1) is 0 Å². The Balaban J connectivity index is 1.57. The van der Waals surface area contributed by atoms with E-state index in [1.165, 1.54) is 0 Å². The van der Waals surface area contributed by atoms with Crippen LogP contribution in [0, 0.1) is 5.92 Å². The molecule has 0 aliphatic carbocycles. The van der Waals surface area contributed by atoms with Crippen LogP contribution in [0.2, 0.25) is 0 Å². The summed E-state index contributed by atoms with van der Waals surface area (Å²) in [5.74, 6) is 0.206. The molecule has 24 heavy (non-hydrogen) atoms. The predicted octanol–water partition coefficient (Wildman–Crippen LogP) is 1.61. The zero-order valence-corrected chi connectivity index (χ0v) is 13.8. The van der Waals surface area contributed by atoms with Crippen molar-refractivity contribution in [3.8, 4) is 0 Å². The van der Waals surface area contributed by atoms with Crippen molar-refractivity contribution in [1.82, 2.24) is 20.0 Å². The maximum absolute atomic E-state index is 12.1. The lowest BCUT2D eigenvalue weighted by Gasteiger charge is -2.25. The van der Waals surface area contributed by atoms with Gasteiger partial charge in [-0.3, -0.25) is 14.3 Å². The molecule has 0 radical (unpaired) electrons. The largest absolute Gasteiger partial charge is 0.356 e. The van der Waals surface area contributed by atoms with Crippen LogP contribution in [-0.4, -0.2) is 40.1 Å². The molecular formula is C18H22N4O2. The third kappa shape index (κ3) is 3.64. The molecule has 6 heteroatoms. The van der Waals surface area contributed by atoms with Gasteiger partial charge in [0.05, 0.1) is 6.04 Å². The summed E-state index contributed by atoms with van der Waals surface area (Å²) in [5, 5.41) is 7.05. The second-order valence-corrected chi connectivity index (χ2v) is 6.15. The number of carbonyl (C=O) groups excluding carboxylic acids is 2. The summed E-state index contributed by atoms with van der Waals surface area (Å²) in [6.07, 6.45) is 4.38. The lowest BCUT2D eigenvalue weighted by Crippen LogP contribution is -2.33. The molecule has 0 bridgehead atoms. The molecule has 1 aromatic carbocycles. The van der Waals surface area contributed by atoms with Crippen molar-refractivity contribution in [2.45, 2.75) is 25.4 Å². The topological polar surface area (TPSA) is 67.2 Å². The monoisotopic (exact) mass is 326 g/mol. The van der Waals surface area contributed by atoms with Crippen molar-refractivity contribution >= 4 is 11.8 Å². The van der Waals surface area contributed by atoms with Crippen LogP contribution in [0.4, 0.5) is 0 Å². The minimum Gasteiger partial charge on any atom is -0.356 e. The molecule has 1 aliphatic rings. The summed E-state index contributed by atoms with van der Waals surface area (Å²) in [5.41, 5.74) is 1.11. The molecule has 2 aromatic rings. The van der Waals surface area contributed by atoms with E-state index in [4.69, 9.17) is 0 Å². The number of likely N-dealkylation sites (tertiary alicyclic amines) is 1. The van der Waals surface area contributed by atoms with Gasteiger partial charge in [-0.25, -0.2) is 0 Å². The minimum absolute atomic E-state index is 0.0145. The normalized spacial score (nSPS) is 20.4. The fraction of sp³-hybridized carbons (Fsp3) is 0.389. The van der Waals surface area contributed by atoms with Crippen molar-refractivity contribution in [3.63, 3.8) is 0 Å². The van der Waals surface area contributed by atoms with Crippen molar-refractivity contribution < 1.29 is 9.59 Å². The van der Waals surface area contributed by atoms with Gasteiger partial charge in [-0.1, -0.05) is 30.3 Å². The van der Waals surface area contributed by atoms with Gasteiger partial charge in [0.25, 0.3) is 0 Å². The molecule has 2 amide bonds. The van der Waals surface area contributed by atoms with Gasteiger partial charge < -0.3 is 10.2 Å². The van der Waals surface area contributed by atoms with Gasteiger partial charge in [0.2, 0.25) is 11.8 Å². The van der Waals surface area contributed by atoms with Gasteiger partial charge in [0, 0.05) is 51.3 Å². The van der Waals surface area contributed by atoms with Crippen molar-refractivity contribution in [2.24, 2.45) is 5.92 Å². The number of benzene rings is 1. The SMILES string of the molecule is CN1C(=O)C[C@@H](CNC(=O)CCn2cccn2)[C@H]1c1ccccc1. The van der Waals surface area contributed by atoms with Gasteiger partial charge >= 0.3 is 0 Å². The number of rotatable bonds is 6. The fourth-order valence-electron chi connectivity index (χ4n) is 3.26. The summed E-state index contributed by atoms with van der Waals surface area (Å²) in [6.45, 7) is 1.07. The lowest BCUT2D eigenvalue weighted by atomic mass is 9.93. The van der Waals surface area contributed by atoms with Crippen molar-refractivity contribution in [1.29, 1.82) is 0 Å². The quantitative estimate of drug-likeness (QED) is 0.877. The van der Waals surface area contributed by atoms with Crippen LogP contribution in [0.25, 0.3) is 0 Å². The van der Waals surface area contributed by atoms with Crippen molar-refractivity contribution in [3.05, 3.63) is 54.4 Å². The van der Waals surface area contributed by atoms with E-state index in [1.54, 1.807) is 15.8 Å². The van der Waals surface area contributed by atoms with E-state index in [0.717, 1.165) is 5.56 Å². The molecule has 1 aliphatic heterocycles. The van der Waals surface area contributed by atoms with Gasteiger partial charge in [-0.2, -0.15) is 5.10 Å². The number of nitrogens with zero attached hydrogens (tertiary/aromatic N) is 3. The average molecular weight is 326 g/mol. The highest BCUT2D eigenvalue weighted by Gasteiger charge is 2.38. The Hall–Kier alpha value is -2.63. The third-order valence-corrected chi connectivity index (χ3v) is 4.52. The predicted molar refractivity (Wildman–Crippen MR) is 89.9 cm³/mol. The molecule has 1 saturated heterocycles. The van der Waals surface area contributed by atoms with Gasteiger partial charge in [0.1, 0.15) is 0 Å². The Morgan fingerprint density at radius 1 is 1.29 bits per heavy atom. The van der Waals surface area contributed by atoms with Crippen LogP contribution < -0.4 is 5.32 Å². The van der Waals surface area contributed by atoms with Crippen LogP contribution in [-0.2, 0) is 16.1 Å². The molecular weight excluding hydrogens is 304 g/mol. The lowest BCUT2D eigenvalue weighted by molar-refractivity contribution is -0.127. The summed E-state index contributed by atoms with van der Waals surface area (Å²) >= 11 is 0. The molecule has 3 rings (SSSR count). The van der Waals surface area contributed by atoms with Crippen LogP contribution in [0.15, 0.2) is 48.8 Å². The molecule has 1 aromatic heterocycles. The number of aryl methyl sites for hydroxylation is 1. The fourth-order valence-corrected chi connectivity index (χ4v) is 3.26. The maximum atomic E-state index is 12.1. The van der Waals surface area contributed by atoms with Crippen LogP contribution >= 0.6 is 0 Å². The van der Waals surface area contributed by atoms with E-state index < -0.39 is 0 Å². The summed E-state index contributed by atoms with van der Waals surface area (Å²) < 4.78 is 1.74. The molecule has 2 heterocycles. The second kappa shape index (κ2) is 7.29. The maximum Gasteiger partial charge on any atom is 0.223 e. The zero-order valence-electron chi connectivity index (χ0n) is 13.8. The second-order valence-electron chi connectivity index (χ2n) is 6.15. The van der Waals surface area contributed by atoms with E-state index in [9.17, 15) is 9.59 Å². The Morgan fingerprint density at radius 2 is 2.08 bits per heavy atom. The highest BCUT2D eigenvalue weighted by Crippen LogP contribution is 2.36. The Bertz CT molecular complexity index is 684.